The van der Waals surface area contributed by atoms with Crippen molar-refractivity contribution in [2.75, 3.05) is 11.9 Å². The topological polar surface area (TPSA) is 86.4 Å². The number of amides is 1. The Kier molecular flexibility index (Phi) is 4.96. The summed E-state index contributed by atoms with van der Waals surface area (Å²) in [6, 6.07) is 6.58. The number of anilines is 1. The van der Waals surface area contributed by atoms with Crippen LogP contribution in [0, 0.1) is 6.92 Å². The van der Waals surface area contributed by atoms with Gasteiger partial charge in [0.2, 0.25) is 0 Å². The Morgan fingerprint density at radius 2 is 1.97 bits per heavy atom. The number of carbonyl (C=O) groups is 2. The summed E-state index contributed by atoms with van der Waals surface area (Å²) >= 11 is 0. The number of fused-ring (bicyclic) bond motifs is 3. The Morgan fingerprint density at radius 3 is 2.66 bits per heavy atom. The van der Waals surface area contributed by atoms with Gasteiger partial charge >= 0.3 is 5.97 Å². The highest BCUT2D eigenvalue weighted by Gasteiger charge is 2.29. The minimum atomic E-state index is -0.387. The second kappa shape index (κ2) is 7.58. The molecule has 0 fully saturated rings. The molecule has 0 bridgehead atoms. The number of furan rings is 1. The van der Waals surface area contributed by atoms with Crippen LogP contribution in [0.25, 0.3) is 11.3 Å². The molecule has 2 heterocycles. The van der Waals surface area contributed by atoms with E-state index in [0.29, 0.717) is 23.6 Å². The number of nitrogens with one attached hydrogen (secondary N) is 1. The predicted molar refractivity (Wildman–Crippen MR) is 108 cm³/mol. The fourth-order valence-electron chi connectivity index (χ4n) is 3.63. The van der Waals surface area contributed by atoms with Crippen molar-refractivity contribution < 1.29 is 18.7 Å². The van der Waals surface area contributed by atoms with Crippen LogP contribution in [0.5, 0.6) is 0 Å². The molecular weight excluding hydrogens is 370 g/mol. The van der Waals surface area contributed by atoms with Gasteiger partial charge in [0, 0.05) is 36.0 Å². The van der Waals surface area contributed by atoms with Crippen molar-refractivity contribution >= 4 is 17.6 Å². The summed E-state index contributed by atoms with van der Waals surface area (Å²) in [5, 5.41) is 7.49. The fraction of sp³-hybridized carbons (Fsp3) is 0.318. The van der Waals surface area contributed by atoms with E-state index in [1.54, 1.807) is 31.2 Å². The maximum Gasteiger partial charge on any atom is 0.338 e. The number of aryl methyl sites for hydroxylation is 3. The third kappa shape index (κ3) is 3.44. The molecular formula is C22H23N3O4. The largest absolute Gasteiger partial charge is 0.462 e. The van der Waals surface area contributed by atoms with Gasteiger partial charge in [0.1, 0.15) is 5.76 Å². The molecule has 0 saturated carbocycles. The van der Waals surface area contributed by atoms with Gasteiger partial charge in [0.15, 0.2) is 5.76 Å². The van der Waals surface area contributed by atoms with Gasteiger partial charge in [-0.05, 0) is 57.0 Å². The number of hydrogen-bond acceptors (Lipinski definition) is 5. The molecule has 1 N–H and O–H groups in total. The number of hydrogen-bond donors (Lipinski definition) is 1. The first-order chi connectivity index (χ1) is 14.0. The summed E-state index contributed by atoms with van der Waals surface area (Å²) in [5.41, 5.74) is 4.84. The first-order valence-electron chi connectivity index (χ1n) is 9.79. The maximum absolute atomic E-state index is 12.8. The van der Waals surface area contributed by atoms with E-state index >= 15 is 0 Å². The molecule has 0 atom stereocenters. The molecule has 1 aliphatic carbocycles. The van der Waals surface area contributed by atoms with Crippen molar-refractivity contribution in [2.24, 2.45) is 0 Å². The first kappa shape index (κ1) is 19.0. The molecule has 150 valence electrons. The number of nitrogens with zero attached hydrogens (tertiary/aromatic N) is 2. The van der Waals surface area contributed by atoms with Crippen LogP contribution in [-0.4, -0.2) is 28.3 Å². The summed E-state index contributed by atoms with van der Waals surface area (Å²) in [7, 11) is 0. The lowest BCUT2D eigenvalue weighted by Gasteiger charge is -2.09. The van der Waals surface area contributed by atoms with Gasteiger partial charge in [0.05, 0.1) is 17.9 Å². The third-order valence-electron chi connectivity index (χ3n) is 5.10. The van der Waals surface area contributed by atoms with E-state index in [1.807, 2.05) is 18.5 Å². The molecule has 4 rings (SSSR count). The molecule has 2 aromatic heterocycles. The third-order valence-corrected chi connectivity index (χ3v) is 5.10. The highest BCUT2D eigenvalue weighted by Crippen LogP contribution is 2.38. The van der Waals surface area contributed by atoms with E-state index in [2.05, 4.69) is 16.6 Å². The van der Waals surface area contributed by atoms with Gasteiger partial charge < -0.3 is 14.5 Å². The van der Waals surface area contributed by atoms with Crippen LogP contribution >= 0.6 is 0 Å². The van der Waals surface area contributed by atoms with Gasteiger partial charge in [-0.15, -0.1) is 0 Å². The lowest BCUT2D eigenvalue weighted by molar-refractivity contribution is 0.0526. The van der Waals surface area contributed by atoms with E-state index < -0.39 is 0 Å². The number of aromatic nitrogens is 2. The molecule has 1 amide bonds. The van der Waals surface area contributed by atoms with Crippen LogP contribution in [0.1, 0.15) is 51.6 Å². The Morgan fingerprint density at radius 1 is 1.21 bits per heavy atom. The van der Waals surface area contributed by atoms with Gasteiger partial charge in [0.25, 0.3) is 5.91 Å². The minimum Gasteiger partial charge on any atom is -0.462 e. The van der Waals surface area contributed by atoms with Crippen LogP contribution < -0.4 is 5.32 Å². The molecule has 0 spiro atoms. The molecule has 1 aromatic carbocycles. The van der Waals surface area contributed by atoms with Crippen LogP contribution in [0.2, 0.25) is 0 Å². The fourth-order valence-corrected chi connectivity index (χ4v) is 3.63. The number of carbonyl (C=O) groups excluding carboxylic acids is 2. The van der Waals surface area contributed by atoms with Crippen molar-refractivity contribution in [1.29, 1.82) is 0 Å². The van der Waals surface area contributed by atoms with E-state index in [-0.39, 0.29) is 11.9 Å². The van der Waals surface area contributed by atoms with Crippen LogP contribution in [-0.2, 0) is 24.1 Å². The first-order valence-corrected chi connectivity index (χ1v) is 9.79. The second-order valence-corrected chi connectivity index (χ2v) is 6.96. The molecule has 1 aliphatic rings. The van der Waals surface area contributed by atoms with Crippen LogP contribution in [0.15, 0.2) is 34.9 Å². The number of ether oxygens (including phenoxy) is 1. The summed E-state index contributed by atoms with van der Waals surface area (Å²) in [6.45, 7) is 6.81. The average molecular weight is 393 g/mol. The molecule has 3 aromatic rings. The number of esters is 1. The summed E-state index contributed by atoms with van der Waals surface area (Å²) in [5.74, 6) is 0.391. The van der Waals surface area contributed by atoms with Crippen molar-refractivity contribution in [2.45, 2.75) is 40.2 Å². The summed E-state index contributed by atoms with van der Waals surface area (Å²) in [4.78, 5) is 24.6. The van der Waals surface area contributed by atoms with Crippen molar-refractivity contribution in [3.05, 3.63) is 58.7 Å². The summed E-state index contributed by atoms with van der Waals surface area (Å²) < 4.78 is 12.8. The standard InChI is InChI=1S/C22H23N3O4/c1-4-25-12-15-8-11-17-18(19(15)24-25)13(3)20(29-17)21(26)23-16-9-6-14(7-10-16)22(27)28-5-2/h6-7,9-10,12H,4-5,8,11H2,1-3H3,(H,23,26). The Balaban J connectivity index is 1.57. The second-order valence-electron chi connectivity index (χ2n) is 6.96. The van der Waals surface area contributed by atoms with Crippen LogP contribution in [0.4, 0.5) is 5.69 Å². The van der Waals surface area contributed by atoms with E-state index in [9.17, 15) is 9.59 Å². The van der Waals surface area contributed by atoms with Gasteiger partial charge in [-0.1, -0.05) is 0 Å². The zero-order valence-corrected chi connectivity index (χ0v) is 16.7. The molecule has 7 nitrogen and oxygen atoms in total. The Hall–Kier alpha value is -3.35. The van der Waals surface area contributed by atoms with Crippen molar-refractivity contribution in [1.82, 2.24) is 9.78 Å². The maximum atomic E-state index is 12.8. The van der Waals surface area contributed by atoms with E-state index in [4.69, 9.17) is 9.15 Å². The zero-order chi connectivity index (χ0) is 20.5. The Labute approximate surface area is 168 Å². The quantitative estimate of drug-likeness (QED) is 0.662. The van der Waals surface area contributed by atoms with Gasteiger partial charge in [-0.2, -0.15) is 5.10 Å². The lowest BCUT2D eigenvalue weighted by Crippen LogP contribution is -2.12. The SMILES string of the molecule is CCOC(=O)c1ccc(NC(=O)c2oc3c(c2C)-c2nn(CC)cc2CC3)cc1. The Bertz CT molecular complexity index is 1080. The van der Waals surface area contributed by atoms with Crippen molar-refractivity contribution in [3.63, 3.8) is 0 Å². The minimum absolute atomic E-state index is 0.295. The average Bonchev–Trinajstić information content (AvgIpc) is 3.29. The highest BCUT2D eigenvalue weighted by molar-refractivity contribution is 6.05. The number of benzene rings is 1. The highest BCUT2D eigenvalue weighted by atomic mass is 16.5. The van der Waals surface area contributed by atoms with Gasteiger partial charge in [-0.3, -0.25) is 9.48 Å². The molecule has 0 radical (unpaired) electrons. The predicted octanol–water partition coefficient (Wildman–Crippen LogP) is 4.00. The number of rotatable bonds is 5. The normalized spacial score (nSPS) is 12.2. The monoisotopic (exact) mass is 393 g/mol. The van der Waals surface area contributed by atoms with Crippen LogP contribution in [0.3, 0.4) is 0 Å². The summed E-state index contributed by atoms with van der Waals surface area (Å²) in [6.07, 6.45) is 3.67. The molecule has 0 unspecified atom stereocenters. The smallest absolute Gasteiger partial charge is 0.338 e. The van der Waals surface area contributed by atoms with E-state index in [0.717, 1.165) is 42.0 Å². The zero-order valence-electron chi connectivity index (χ0n) is 16.7. The molecule has 7 heteroatoms. The van der Waals surface area contributed by atoms with E-state index in [1.165, 1.54) is 5.56 Å². The van der Waals surface area contributed by atoms with Crippen molar-refractivity contribution in [3.8, 4) is 11.3 Å². The van der Waals surface area contributed by atoms with Gasteiger partial charge in [-0.25, -0.2) is 4.79 Å². The molecule has 0 saturated heterocycles. The molecule has 0 aliphatic heterocycles. The molecule has 29 heavy (non-hydrogen) atoms. The lowest BCUT2D eigenvalue weighted by atomic mass is 9.93.